The summed E-state index contributed by atoms with van der Waals surface area (Å²) >= 11 is 0. The number of aliphatic hydroxyl groups excluding tert-OH is 1. The number of benzene rings is 1. The summed E-state index contributed by atoms with van der Waals surface area (Å²) in [5.41, 5.74) is 1.03. The van der Waals surface area contributed by atoms with Gasteiger partial charge in [-0.2, -0.15) is 0 Å². The van der Waals surface area contributed by atoms with Crippen LogP contribution < -0.4 is 10.2 Å². The van der Waals surface area contributed by atoms with Crippen molar-refractivity contribution in [2.45, 2.75) is 12.5 Å². The van der Waals surface area contributed by atoms with E-state index in [9.17, 15) is 5.11 Å². The van der Waals surface area contributed by atoms with Crippen LogP contribution in [0, 0.1) is 0 Å². The van der Waals surface area contributed by atoms with Gasteiger partial charge in [0.15, 0.2) is 0 Å². The van der Waals surface area contributed by atoms with Gasteiger partial charge in [-0.25, -0.2) is 0 Å². The lowest BCUT2D eigenvalue weighted by Crippen LogP contribution is -2.51. The highest BCUT2D eigenvalue weighted by atomic mass is 16.3. The van der Waals surface area contributed by atoms with Crippen molar-refractivity contribution >= 4 is 5.69 Å². The van der Waals surface area contributed by atoms with Crippen molar-refractivity contribution in [1.82, 2.24) is 5.32 Å². The predicted molar refractivity (Wildman–Crippen MR) is 63.8 cm³/mol. The Morgan fingerprint density at radius 2 is 2.31 bits per heavy atom. The number of hydrogen-bond donors (Lipinski definition) is 3. The van der Waals surface area contributed by atoms with E-state index in [0.717, 1.165) is 31.7 Å². The van der Waals surface area contributed by atoms with Crippen LogP contribution in [0.15, 0.2) is 24.3 Å². The number of rotatable bonds is 3. The number of hydrogen-bond acceptors (Lipinski definition) is 4. The molecule has 1 aromatic carbocycles. The Hall–Kier alpha value is -1.26. The highest BCUT2D eigenvalue weighted by Crippen LogP contribution is 2.23. The average molecular weight is 222 g/mol. The molecule has 0 saturated carbocycles. The maximum absolute atomic E-state index is 9.47. The van der Waals surface area contributed by atoms with E-state index < -0.39 is 0 Å². The van der Waals surface area contributed by atoms with E-state index >= 15 is 0 Å². The largest absolute Gasteiger partial charge is 0.508 e. The van der Waals surface area contributed by atoms with Gasteiger partial charge in [-0.3, -0.25) is 0 Å². The molecule has 16 heavy (non-hydrogen) atoms. The standard InChI is InChI=1S/C12H18N2O2/c15-7-4-11-9-13-5-6-14(11)10-2-1-3-12(16)8-10/h1-3,8,11,13,15-16H,4-7,9H2. The lowest BCUT2D eigenvalue weighted by Gasteiger charge is -2.37. The summed E-state index contributed by atoms with van der Waals surface area (Å²) in [6, 6.07) is 7.60. The number of aromatic hydroxyl groups is 1. The van der Waals surface area contributed by atoms with Gasteiger partial charge in [0.25, 0.3) is 0 Å². The maximum atomic E-state index is 9.47. The Labute approximate surface area is 95.5 Å². The topological polar surface area (TPSA) is 55.7 Å². The Morgan fingerprint density at radius 3 is 3.06 bits per heavy atom. The fraction of sp³-hybridized carbons (Fsp3) is 0.500. The molecule has 0 bridgehead atoms. The van der Waals surface area contributed by atoms with Gasteiger partial charge in [0.1, 0.15) is 5.75 Å². The first-order chi connectivity index (χ1) is 7.81. The normalized spacial score (nSPS) is 21.1. The zero-order valence-electron chi connectivity index (χ0n) is 9.26. The van der Waals surface area contributed by atoms with Crippen molar-refractivity contribution in [3.05, 3.63) is 24.3 Å². The molecule has 4 nitrogen and oxygen atoms in total. The van der Waals surface area contributed by atoms with Gasteiger partial charge >= 0.3 is 0 Å². The summed E-state index contributed by atoms with van der Waals surface area (Å²) in [5, 5.41) is 21.8. The molecular formula is C12H18N2O2. The van der Waals surface area contributed by atoms with Crippen LogP contribution in [0.3, 0.4) is 0 Å². The number of nitrogens with one attached hydrogen (secondary N) is 1. The highest BCUT2D eigenvalue weighted by Gasteiger charge is 2.21. The zero-order chi connectivity index (χ0) is 11.4. The minimum Gasteiger partial charge on any atom is -0.508 e. The average Bonchev–Trinajstić information content (AvgIpc) is 2.30. The first-order valence-electron chi connectivity index (χ1n) is 5.68. The van der Waals surface area contributed by atoms with Crippen molar-refractivity contribution < 1.29 is 10.2 Å². The van der Waals surface area contributed by atoms with Crippen LogP contribution in [0.25, 0.3) is 0 Å². The second-order valence-corrected chi connectivity index (χ2v) is 4.08. The molecule has 88 valence electrons. The highest BCUT2D eigenvalue weighted by molar-refractivity contribution is 5.51. The Balaban J connectivity index is 2.16. The van der Waals surface area contributed by atoms with E-state index in [4.69, 9.17) is 5.11 Å². The van der Waals surface area contributed by atoms with Gasteiger partial charge in [0.2, 0.25) is 0 Å². The second-order valence-electron chi connectivity index (χ2n) is 4.08. The van der Waals surface area contributed by atoms with E-state index in [0.29, 0.717) is 11.8 Å². The van der Waals surface area contributed by atoms with E-state index in [1.165, 1.54) is 0 Å². The first-order valence-corrected chi connectivity index (χ1v) is 5.68. The minimum atomic E-state index is 0.196. The van der Waals surface area contributed by atoms with Gasteiger partial charge in [0.05, 0.1) is 0 Å². The monoisotopic (exact) mass is 222 g/mol. The van der Waals surface area contributed by atoms with Crippen molar-refractivity contribution in [3.8, 4) is 5.75 Å². The molecule has 0 aromatic heterocycles. The summed E-state index contributed by atoms with van der Waals surface area (Å²) < 4.78 is 0. The maximum Gasteiger partial charge on any atom is 0.117 e. The van der Waals surface area contributed by atoms with E-state index in [2.05, 4.69) is 10.2 Å². The third-order valence-electron chi connectivity index (χ3n) is 2.97. The molecule has 1 aliphatic heterocycles. The summed E-state index contributed by atoms with van der Waals surface area (Å²) in [6.07, 6.45) is 0.753. The van der Waals surface area contributed by atoms with Crippen LogP contribution in [0.1, 0.15) is 6.42 Å². The first kappa shape index (κ1) is 11.2. The molecule has 1 fully saturated rings. The van der Waals surface area contributed by atoms with Crippen LogP contribution in [-0.2, 0) is 0 Å². The van der Waals surface area contributed by atoms with Crippen LogP contribution in [-0.4, -0.2) is 42.5 Å². The molecule has 4 heteroatoms. The van der Waals surface area contributed by atoms with Gasteiger partial charge in [-0.05, 0) is 18.6 Å². The number of piperazine rings is 1. The van der Waals surface area contributed by atoms with Crippen LogP contribution in [0.2, 0.25) is 0 Å². The van der Waals surface area contributed by atoms with E-state index in [1.54, 1.807) is 12.1 Å². The van der Waals surface area contributed by atoms with Crippen molar-refractivity contribution in [1.29, 1.82) is 0 Å². The molecule has 1 atom stereocenters. The summed E-state index contributed by atoms with van der Waals surface area (Å²) in [7, 11) is 0. The molecule has 0 spiro atoms. The Morgan fingerprint density at radius 1 is 1.44 bits per heavy atom. The molecule has 2 rings (SSSR count). The Bertz CT molecular complexity index is 342. The van der Waals surface area contributed by atoms with Crippen molar-refractivity contribution in [3.63, 3.8) is 0 Å². The molecule has 0 radical (unpaired) electrons. The van der Waals surface area contributed by atoms with Crippen LogP contribution in [0.5, 0.6) is 5.75 Å². The minimum absolute atomic E-state index is 0.196. The molecule has 1 aliphatic rings. The lowest BCUT2D eigenvalue weighted by molar-refractivity contribution is 0.266. The van der Waals surface area contributed by atoms with Gasteiger partial charge in [-0.15, -0.1) is 0 Å². The van der Waals surface area contributed by atoms with Gasteiger partial charge < -0.3 is 20.4 Å². The molecule has 1 heterocycles. The van der Waals surface area contributed by atoms with E-state index in [-0.39, 0.29) is 6.61 Å². The predicted octanol–water partition coefficient (Wildman–Crippen LogP) is 0.553. The molecule has 3 N–H and O–H groups in total. The van der Waals surface area contributed by atoms with Crippen LogP contribution >= 0.6 is 0 Å². The third kappa shape index (κ3) is 2.46. The molecular weight excluding hydrogens is 204 g/mol. The van der Waals surface area contributed by atoms with Crippen molar-refractivity contribution in [2.24, 2.45) is 0 Å². The fourth-order valence-electron chi connectivity index (χ4n) is 2.18. The molecule has 1 aromatic rings. The number of phenols is 1. The van der Waals surface area contributed by atoms with Crippen LogP contribution in [0.4, 0.5) is 5.69 Å². The quantitative estimate of drug-likeness (QED) is 0.699. The third-order valence-corrected chi connectivity index (χ3v) is 2.97. The zero-order valence-corrected chi connectivity index (χ0v) is 9.26. The number of nitrogens with zero attached hydrogens (tertiary/aromatic N) is 1. The molecule has 1 saturated heterocycles. The fourth-order valence-corrected chi connectivity index (χ4v) is 2.18. The number of aliphatic hydroxyl groups is 1. The Kier molecular flexibility index (Phi) is 3.64. The summed E-state index contributed by atoms with van der Waals surface area (Å²) in [5.74, 6) is 0.291. The smallest absolute Gasteiger partial charge is 0.117 e. The summed E-state index contributed by atoms with van der Waals surface area (Å²) in [4.78, 5) is 2.24. The lowest BCUT2D eigenvalue weighted by atomic mass is 10.1. The van der Waals surface area contributed by atoms with Gasteiger partial charge in [-0.1, -0.05) is 6.07 Å². The molecule has 0 amide bonds. The summed E-state index contributed by atoms with van der Waals surface area (Å²) in [6.45, 7) is 2.93. The van der Waals surface area contributed by atoms with E-state index in [1.807, 2.05) is 12.1 Å². The number of anilines is 1. The number of phenolic OH excluding ortho intramolecular Hbond substituents is 1. The second kappa shape index (κ2) is 5.18. The van der Waals surface area contributed by atoms with Gasteiger partial charge in [0, 0.05) is 44.0 Å². The molecule has 1 unspecified atom stereocenters. The molecule has 0 aliphatic carbocycles. The van der Waals surface area contributed by atoms with Crippen molar-refractivity contribution in [2.75, 3.05) is 31.1 Å². The SMILES string of the molecule is OCCC1CNCCN1c1cccc(O)c1.